The van der Waals surface area contributed by atoms with Crippen molar-refractivity contribution in [2.75, 3.05) is 12.8 Å². The number of thiazole rings is 1. The molecule has 2 heterocycles. The molecule has 0 saturated heterocycles. The smallest absolute Gasteiger partial charge is 0.233 e. The zero-order valence-electron chi connectivity index (χ0n) is 17.4. The minimum absolute atomic E-state index is 0.114. The molecule has 1 aliphatic rings. The van der Waals surface area contributed by atoms with Crippen LogP contribution in [0.3, 0.4) is 0 Å². The van der Waals surface area contributed by atoms with Crippen molar-refractivity contribution in [1.29, 1.82) is 0 Å². The van der Waals surface area contributed by atoms with Crippen molar-refractivity contribution in [3.05, 3.63) is 40.7 Å². The highest BCUT2D eigenvalue weighted by Crippen LogP contribution is 2.34. The van der Waals surface area contributed by atoms with Crippen LogP contribution in [-0.4, -0.2) is 38.1 Å². The molecule has 1 amide bonds. The Morgan fingerprint density at radius 1 is 1.21 bits per heavy atom. The van der Waals surface area contributed by atoms with Gasteiger partial charge in [-0.3, -0.25) is 4.79 Å². The Balaban J connectivity index is 1.40. The van der Waals surface area contributed by atoms with Crippen LogP contribution in [0.5, 0.6) is 0 Å². The third-order valence-electron chi connectivity index (χ3n) is 5.76. The summed E-state index contributed by atoms with van der Waals surface area (Å²) in [5.41, 5.74) is 3.33. The molecule has 3 aromatic rings. The maximum absolute atomic E-state index is 12.8. The number of carbonyl (C=O) groups excluding carboxylic acids is 1. The Kier molecular flexibility index (Phi) is 6.25. The standard InChI is InChI=1S/C22H28N4OS2/c1-15-16(2)26(17-9-5-4-6-10-17)22(23-15)28-14-21(27)25(3)13-20-24-18-11-7-8-12-19(18)29-20/h7-8,11-12,17H,4-6,9-10,13-14H2,1-3H3. The summed E-state index contributed by atoms with van der Waals surface area (Å²) < 4.78 is 3.55. The van der Waals surface area contributed by atoms with Crippen LogP contribution < -0.4 is 0 Å². The third-order valence-corrected chi connectivity index (χ3v) is 7.71. The number of imidazole rings is 1. The van der Waals surface area contributed by atoms with Crippen LogP contribution in [0.1, 0.15) is 54.5 Å². The Labute approximate surface area is 180 Å². The van der Waals surface area contributed by atoms with E-state index in [0.717, 1.165) is 26.1 Å². The molecule has 29 heavy (non-hydrogen) atoms. The molecule has 0 aliphatic heterocycles. The second kappa shape index (κ2) is 8.88. The lowest BCUT2D eigenvalue weighted by Crippen LogP contribution is -2.28. The van der Waals surface area contributed by atoms with Gasteiger partial charge in [0.15, 0.2) is 5.16 Å². The van der Waals surface area contributed by atoms with Crippen LogP contribution in [0.15, 0.2) is 29.4 Å². The van der Waals surface area contributed by atoms with E-state index >= 15 is 0 Å². The van der Waals surface area contributed by atoms with E-state index in [1.54, 1.807) is 28.0 Å². The summed E-state index contributed by atoms with van der Waals surface area (Å²) in [6.45, 7) is 4.77. The molecule has 154 valence electrons. The average Bonchev–Trinajstić information content (AvgIpc) is 3.26. The van der Waals surface area contributed by atoms with E-state index in [-0.39, 0.29) is 5.91 Å². The number of carbonyl (C=O) groups is 1. The van der Waals surface area contributed by atoms with Crippen molar-refractivity contribution in [2.24, 2.45) is 0 Å². The monoisotopic (exact) mass is 428 g/mol. The summed E-state index contributed by atoms with van der Waals surface area (Å²) in [6.07, 6.45) is 6.34. The Bertz CT molecular complexity index is 971. The predicted octanol–water partition coefficient (Wildman–Crippen LogP) is 5.37. The van der Waals surface area contributed by atoms with Crippen molar-refractivity contribution < 1.29 is 4.79 Å². The van der Waals surface area contributed by atoms with Gasteiger partial charge in [-0.2, -0.15) is 0 Å². The van der Waals surface area contributed by atoms with Crippen LogP contribution >= 0.6 is 23.1 Å². The fourth-order valence-corrected chi connectivity index (χ4v) is 6.10. The van der Waals surface area contributed by atoms with E-state index in [9.17, 15) is 4.79 Å². The molecule has 0 N–H and O–H groups in total. The van der Waals surface area contributed by atoms with Gasteiger partial charge < -0.3 is 9.47 Å². The number of rotatable bonds is 6. The van der Waals surface area contributed by atoms with Crippen LogP contribution in [0.2, 0.25) is 0 Å². The van der Waals surface area contributed by atoms with Crippen molar-refractivity contribution in [3.8, 4) is 0 Å². The molecule has 4 rings (SSSR count). The van der Waals surface area contributed by atoms with Crippen molar-refractivity contribution in [2.45, 2.75) is 63.7 Å². The zero-order chi connectivity index (χ0) is 20.4. The summed E-state index contributed by atoms with van der Waals surface area (Å²) in [6, 6.07) is 8.64. The Morgan fingerprint density at radius 2 is 1.97 bits per heavy atom. The number of aryl methyl sites for hydroxylation is 1. The van der Waals surface area contributed by atoms with E-state index in [1.807, 2.05) is 25.2 Å². The van der Waals surface area contributed by atoms with Crippen molar-refractivity contribution in [1.82, 2.24) is 19.4 Å². The van der Waals surface area contributed by atoms with Crippen LogP contribution in [-0.2, 0) is 11.3 Å². The largest absolute Gasteiger partial charge is 0.338 e. The molecule has 1 fully saturated rings. The van der Waals surface area contributed by atoms with Gasteiger partial charge in [0.25, 0.3) is 0 Å². The second-order valence-corrected chi connectivity index (χ2v) is 9.90. The Hall–Kier alpha value is -1.86. The van der Waals surface area contributed by atoms with Crippen molar-refractivity contribution >= 4 is 39.2 Å². The van der Waals surface area contributed by atoms with Crippen molar-refractivity contribution in [3.63, 3.8) is 0 Å². The molecule has 1 aliphatic carbocycles. The maximum atomic E-state index is 12.8. The molecule has 2 aromatic heterocycles. The lowest BCUT2D eigenvalue weighted by Gasteiger charge is -2.26. The minimum Gasteiger partial charge on any atom is -0.338 e. The first-order valence-electron chi connectivity index (χ1n) is 10.3. The number of amides is 1. The molecule has 0 bridgehead atoms. The van der Waals surface area contributed by atoms with Crippen LogP contribution in [0.25, 0.3) is 10.2 Å². The van der Waals surface area contributed by atoms with Gasteiger partial charge in [-0.1, -0.05) is 43.2 Å². The zero-order valence-corrected chi connectivity index (χ0v) is 19.0. The Morgan fingerprint density at radius 3 is 2.72 bits per heavy atom. The summed E-state index contributed by atoms with van der Waals surface area (Å²) in [5.74, 6) is 0.520. The highest BCUT2D eigenvalue weighted by Gasteiger charge is 2.23. The molecule has 0 atom stereocenters. The third kappa shape index (κ3) is 4.51. The molecular weight excluding hydrogens is 400 g/mol. The van der Waals surface area contributed by atoms with Gasteiger partial charge in [-0.25, -0.2) is 9.97 Å². The van der Waals surface area contributed by atoms with E-state index in [1.165, 1.54) is 37.8 Å². The molecule has 0 spiro atoms. The predicted molar refractivity (Wildman–Crippen MR) is 121 cm³/mol. The molecule has 0 radical (unpaired) electrons. The number of benzene rings is 1. The quantitative estimate of drug-likeness (QED) is 0.496. The van der Waals surface area contributed by atoms with Gasteiger partial charge in [-0.15, -0.1) is 11.3 Å². The number of fused-ring (bicyclic) bond motifs is 1. The number of nitrogens with zero attached hydrogens (tertiary/aromatic N) is 4. The van der Waals surface area contributed by atoms with Crippen LogP contribution in [0, 0.1) is 13.8 Å². The van der Waals surface area contributed by atoms with Gasteiger partial charge >= 0.3 is 0 Å². The van der Waals surface area contributed by atoms with E-state index in [0.29, 0.717) is 18.3 Å². The number of para-hydroxylation sites is 1. The second-order valence-electron chi connectivity index (χ2n) is 7.84. The molecule has 7 heteroatoms. The fourth-order valence-electron chi connectivity index (χ4n) is 3.98. The van der Waals surface area contributed by atoms with E-state index in [2.05, 4.69) is 29.5 Å². The molecule has 0 unspecified atom stereocenters. The summed E-state index contributed by atoms with van der Waals surface area (Å²) in [7, 11) is 1.86. The number of hydrogen-bond donors (Lipinski definition) is 0. The first kappa shape index (κ1) is 20.4. The molecule has 1 saturated carbocycles. The van der Waals surface area contributed by atoms with Gasteiger partial charge in [-0.05, 0) is 38.8 Å². The summed E-state index contributed by atoms with van der Waals surface area (Å²) in [5, 5.41) is 1.97. The SMILES string of the molecule is Cc1nc(SCC(=O)N(C)Cc2nc3ccccc3s2)n(C2CCCCC2)c1C. The van der Waals surface area contributed by atoms with E-state index < -0.39 is 0 Å². The molecule has 1 aromatic carbocycles. The molecule has 5 nitrogen and oxygen atoms in total. The topological polar surface area (TPSA) is 51.0 Å². The lowest BCUT2D eigenvalue weighted by atomic mass is 9.95. The van der Waals surface area contributed by atoms with Gasteiger partial charge in [0.05, 0.1) is 28.2 Å². The number of hydrogen-bond acceptors (Lipinski definition) is 5. The lowest BCUT2D eigenvalue weighted by molar-refractivity contribution is -0.127. The summed E-state index contributed by atoms with van der Waals surface area (Å²) >= 11 is 3.23. The average molecular weight is 429 g/mol. The molecular formula is C22H28N4OS2. The van der Waals surface area contributed by atoms with E-state index in [4.69, 9.17) is 4.98 Å². The highest BCUT2D eigenvalue weighted by molar-refractivity contribution is 7.99. The minimum atomic E-state index is 0.114. The summed E-state index contributed by atoms with van der Waals surface area (Å²) in [4.78, 5) is 24.0. The first-order valence-corrected chi connectivity index (χ1v) is 12.1. The first-order chi connectivity index (χ1) is 14.0. The van der Waals surface area contributed by atoms with Crippen LogP contribution in [0.4, 0.5) is 0 Å². The highest BCUT2D eigenvalue weighted by atomic mass is 32.2. The number of thioether (sulfide) groups is 1. The normalized spacial score (nSPS) is 15.1. The van der Waals surface area contributed by atoms with Gasteiger partial charge in [0, 0.05) is 18.8 Å². The maximum Gasteiger partial charge on any atom is 0.233 e. The van der Waals surface area contributed by atoms with Gasteiger partial charge in [0.2, 0.25) is 5.91 Å². The number of aromatic nitrogens is 3. The van der Waals surface area contributed by atoms with Gasteiger partial charge in [0.1, 0.15) is 5.01 Å². The fraction of sp³-hybridized carbons (Fsp3) is 0.500.